The van der Waals surface area contributed by atoms with Crippen LogP contribution < -0.4 is 10.1 Å². The van der Waals surface area contributed by atoms with Gasteiger partial charge in [0.2, 0.25) is 5.91 Å². The quantitative estimate of drug-likeness (QED) is 0.695. The molecule has 1 aliphatic heterocycles. The van der Waals surface area contributed by atoms with Crippen molar-refractivity contribution in [1.82, 2.24) is 9.62 Å². The van der Waals surface area contributed by atoms with Gasteiger partial charge in [0, 0.05) is 24.6 Å². The Hall–Kier alpha value is -2.18. The molecule has 0 aromatic heterocycles. The van der Waals surface area contributed by atoms with E-state index in [1.807, 2.05) is 6.92 Å². The molecule has 1 aliphatic rings. The first-order valence-corrected chi connectivity index (χ1v) is 10.7. The molecule has 10 heteroatoms. The van der Waals surface area contributed by atoms with Gasteiger partial charge in [0.25, 0.3) is 0 Å². The Kier molecular flexibility index (Phi) is 6.68. The molecule has 1 heterocycles. The fourth-order valence-electron chi connectivity index (χ4n) is 3.15. The molecule has 0 saturated carbocycles. The molecular weight excluding hydrogens is 452 g/mol. The first kappa shape index (κ1) is 22.5. The van der Waals surface area contributed by atoms with Crippen LogP contribution in [-0.2, 0) is 15.8 Å². The Morgan fingerprint density at radius 1 is 1.40 bits per heavy atom. The number of amides is 1. The lowest BCUT2D eigenvalue weighted by Gasteiger charge is -2.54. The molecule has 1 N–H and O–H groups in total. The first-order chi connectivity index (χ1) is 14.1. The molecule has 3 atom stereocenters. The number of carbonyl (C=O) groups excluding carboxylic acids is 1. The molecule has 0 bridgehead atoms. The van der Waals surface area contributed by atoms with E-state index in [9.17, 15) is 13.4 Å². The van der Waals surface area contributed by atoms with Gasteiger partial charge in [0.05, 0.1) is 27.5 Å². The molecule has 0 spiro atoms. The summed E-state index contributed by atoms with van der Waals surface area (Å²) in [6.07, 6.45) is -0.592. The number of nitriles is 1. The summed E-state index contributed by atoms with van der Waals surface area (Å²) in [7, 11) is -1.63. The summed E-state index contributed by atoms with van der Waals surface area (Å²) in [6.45, 7) is 3.70. The van der Waals surface area contributed by atoms with Gasteiger partial charge in [-0.3, -0.25) is 4.79 Å². The third-order valence-corrected chi connectivity index (χ3v) is 6.89. The monoisotopic (exact) mass is 469 g/mol. The van der Waals surface area contributed by atoms with Gasteiger partial charge in [-0.15, -0.1) is 0 Å². The number of benzene rings is 2. The van der Waals surface area contributed by atoms with Crippen LogP contribution in [0.2, 0.25) is 10.0 Å². The predicted molar refractivity (Wildman–Crippen MR) is 112 cm³/mol. The van der Waals surface area contributed by atoms with Gasteiger partial charge < -0.3 is 10.1 Å². The van der Waals surface area contributed by atoms with Crippen molar-refractivity contribution >= 4 is 40.1 Å². The Morgan fingerprint density at radius 3 is 2.73 bits per heavy atom. The highest BCUT2D eigenvalue weighted by Crippen LogP contribution is 2.40. The van der Waals surface area contributed by atoms with Gasteiger partial charge >= 0.3 is 0 Å². The van der Waals surface area contributed by atoms with E-state index in [0.717, 1.165) is 6.07 Å². The predicted octanol–water partition coefficient (Wildman–Crippen LogP) is 3.89. The number of rotatable bonds is 6. The lowest BCUT2D eigenvalue weighted by Crippen LogP contribution is -2.71. The molecule has 3 rings (SSSR count). The van der Waals surface area contributed by atoms with Crippen molar-refractivity contribution in [3.8, 4) is 11.8 Å². The molecule has 158 valence electrons. The molecule has 2 aromatic carbocycles. The van der Waals surface area contributed by atoms with Gasteiger partial charge in [-0.1, -0.05) is 30.1 Å². The number of nitrogens with zero attached hydrogens (tertiary/aromatic N) is 2. The molecule has 1 fully saturated rings. The SMILES string of the molecule is CC(=O)NC1N(S(=O)c2ccc(Cl)cc2Cl)CC1(C)COc1ccc(C#N)c(F)c1. The molecule has 1 amide bonds. The molecule has 0 aliphatic carbocycles. The van der Waals surface area contributed by atoms with E-state index in [-0.39, 0.29) is 28.8 Å². The number of hydrogen-bond donors (Lipinski definition) is 1. The summed E-state index contributed by atoms with van der Waals surface area (Å²) in [5, 5.41) is 12.3. The Balaban J connectivity index is 1.76. The Bertz CT molecular complexity index is 1060. The molecule has 0 radical (unpaired) electrons. The molecular formula is C20H18Cl2FN3O3S. The van der Waals surface area contributed by atoms with E-state index in [1.165, 1.54) is 25.1 Å². The highest BCUT2D eigenvalue weighted by molar-refractivity contribution is 7.82. The van der Waals surface area contributed by atoms with E-state index in [0.29, 0.717) is 16.5 Å². The van der Waals surface area contributed by atoms with Crippen molar-refractivity contribution in [2.45, 2.75) is 24.9 Å². The van der Waals surface area contributed by atoms with E-state index in [4.69, 9.17) is 33.2 Å². The van der Waals surface area contributed by atoms with Gasteiger partial charge in [0.15, 0.2) is 0 Å². The second-order valence-corrected chi connectivity index (χ2v) is 9.45. The maximum absolute atomic E-state index is 13.8. The van der Waals surface area contributed by atoms with Crippen LogP contribution in [-0.4, -0.2) is 33.7 Å². The van der Waals surface area contributed by atoms with E-state index >= 15 is 0 Å². The zero-order valence-electron chi connectivity index (χ0n) is 16.1. The van der Waals surface area contributed by atoms with Crippen molar-refractivity contribution in [3.05, 3.63) is 57.8 Å². The number of nitrogens with one attached hydrogen (secondary N) is 1. The van der Waals surface area contributed by atoms with Crippen molar-refractivity contribution in [2.75, 3.05) is 13.2 Å². The number of halogens is 3. The van der Waals surface area contributed by atoms with Crippen LogP contribution in [0.4, 0.5) is 4.39 Å². The van der Waals surface area contributed by atoms with Gasteiger partial charge in [-0.2, -0.15) is 9.57 Å². The maximum atomic E-state index is 13.8. The topological polar surface area (TPSA) is 82.4 Å². The zero-order chi connectivity index (χ0) is 22.1. The van der Waals surface area contributed by atoms with Gasteiger partial charge in [0.1, 0.15) is 34.8 Å². The molecule has 1 saturated heterocycles. The smallest absolute Gasteiger partial charge is 0.218 e. The van der Waals surface area contributed by atoms with Crippen molar-refractivity contribution in [2.24, 2.45) is 5.41 Å². The second-order valence-electron chi connectivity index (χ2n) is 7.20. The highest BCUT2D eigenvalue weighted by atomic mass is 35.5. The lowest BCUT2D eigenvalue weighted by molar-refractivity contribution is -0.127. The van der Waals surface area contributed by atoms with E-state index < -0.39 is 28.4 Å². The van der Waals surface area contributed by atoms with Crippen LogP contribution in [0.25, 0.3) is 0 Å². The minimum absolute atomic E-state index is 0.0743. The minimum Gasteiger partial charge on any atom is -0.493 e. The normalized spacial score (nSPS) is 21.9. The number of hydrogen-bond acceptors (Lipinski definition) is 4. The lowest BCUT2D eigenvalue weighted by atomic mass is 9.80. The van der Waals surface area contributed by atoms with Crippen LogP contribution in [0.1, 0.15) is 19.4 Å². The van der Waals surface area contributed by atoms with Gasteiger partial charge in [-0.05, 0) is 30.3 Å². The van der Waals surface area contributed by atoms with Gasteiger partial charge in [-0.25, -0.2) is 8.60 Å². The molecule has 3 unspecified atom stereocenters. The summed E-state index contributed by atoms with van der Waals surface area (Å²) in [4.78, 5) is 12.1. The highest BCUT2D eigenvalue weighted by Gasteiger charge is 2.53. The second kappa shape index (κ2) is 8.90. The standard InChI is InChI=1S/C20H18Cl2FN3O3S/c1-12(27)25-19-20(2,11-29-15-5-3-13(9-24)17(23)8-15)10-26(19)30(28)18-6-4-14(21)7-16(18)22/h3-8,19H,10-11H2,1-2H3,(H,25,27). The Morgan fingerprint density at radius 2 is 2.13 bits per heavy atom. The largest absolute Gasteiger partial charge is 0.493 e. The number of carbonyl (C=O) groups is 1. The molecule has 6 nitrogen and oxygen atoms in total. The molecule has 30 heavy (non-hydrogen) atoms. The van der Waals surface area contributed by atoms with Crippen molar-refractivity contribution < 1.29 is 18.1 Å². The van der Waals surface area contributed by atoms with Crippen LogP contribution in [0.15, 0.2) is 41.3 Å². The van der Waals surface area contributed by atoms with Crippen molar-refractivity contribution in [1.29, 1.82) is 5.26 Å². The van der Waals surface area contributed by atoms with E-state index in [2.05, 4.69) is 5.32 Å². The van der Waals surface area contributed by atoms with Crippen LogP contribution in [0, 0.1) is 22.6 Å². The summed E-state index contributed by atoms with van der Waals surface area (Å²) >= 11 is 12.1. The van der Waals surface area contributed by atoms with Crippen LogP contribution in [0.3, 0.4) is 0 Å². The van der Waals surface area contributed by atoms with Crippen molar-refractivity contribution in [3.63, 3.8) is 0 Å². The summed E-state index contributed by atoms with van der Waals surface area (Å²) < 4.78 is 34.2. The fraction of sp³-hybridized carbons (Fsp3) is 0.300. The summed E-state index contributed by atoms with van der Waals surface area (Å²) in [5.74, 6) is -0.707. The third-order valence-electron chi connectivity index (χ3n) is 4.73. The summed E-state index contributed by atoms with van der Waals surface area (Å²) in [5.41, 5.74) is -0.667. The average molecular weight is 470 g/mol. The van der Waals surface area contributed by atoms with Crippen LogP contribution >= 0.6 is 23.2 Å². The van der Waals surface area contributed by atoms with E-state index in [1.54, 1.807) is 22.5 Å². The van der Waals surface area contributed by atoms with Crippen LogP contribution in [0.5, 0.6) is 5.75 Å². The summed E-state index contributed by atoms with van der Waals surface area (Å²) in [6, 6.07) is 10.4. The maximum Gasteiger partial charge on any atom is 0.218 e. The fourth-order valence-corrected chi connectivity index (χ4v) is 5.33. The molecule has 2 aromatic rings. The Labute approximate surface area is 186 Å². The number of ether oxygens (including phenoxy) is 1. The first-order valence-electron chi connectivity index (χ1n) is 8.88. The average Bonchev–Trinajstić information content (AvgIpc) is 2.68. The third kappa shape index (κ3) is 4.60. The zero-order valence-corrected chi connectivity index (χ0v) is 18.4. The minimum atomic E-state index is -1.63.